The number of nitro benzene ring substituents is 2. The molecule has 1 atom stereocenters. The van der Waals surface area contributed by atoms with Crippen LogP contribution in [0.1, 0.15) is 11.1 Å². The molecular weight excluding hydrogens is 362 g/mol. The first kappa shape index (κ1) is 19.1. The van der Waals surface area contributed by atoms with Gasteiger partial charge in [-0.1, -0.05) is 24.3 Å². The van der Waals surface area contributed by atoms with E-state index in [0.717, 1.165) is 4.90 Å². The quantitative estimate of drug-likeness (QED) is 0.496. The van der Waals surface area contributed by atoms with E-state index in [0.29, 0.717) is 35.4 Å². The monoisotopic (exact) mass is 380 g/mol. The van der Waals surface area contributed by atoms with Crippen LogP contribution in [0.4, 0.5) is 11.4 Å². The van der Waals surface area contributed by atoms with Crippen LogP contribution in [-0.2, 0) is 4.79 Å². The second kappa shape index (κ2) is 7.93. The zero-order valence-corrected chi connectivity index (χ0v) is 15.1. The third kappa shape index (κ3) is 4.36. The van der Waals surface area contributed by atoms with E-state index in [-0.39, 0.29) is 17.2 Å². The van der Waals surface area contributed by atoms with Crippen LogP contribution in [0.2, 0.25) is 0 Å². The molecule has 0 aromatic heterocycles. The molecule has 28 heavy (non-hydrogen) atoms. The Kier molecular flexibility index (Phi) is 5.42. The summed E-state index contributed by atoms with van der Waals surface area (Å²) in [5, 5.41) is 21.9. The fourth-order valence-corrected chi connectivity index (χ4v) is 3.17. The number of piperidine rings is 1. The third-order valence-corrected chi connectivity index (χ3v) is 4.41. The van der Waals surface area contributed by atoms with Crippen molar-refractivity contribution in [3.63, 3.8) is 0 Å². The normalized spacial score (nSPS) is 19.8. The van der Waals surface area contributed by atoms with Crippen molar-refractivity contribution in [2.75, 3.05) is 20.1 Å². The molecule has 0 spiro atoms. The number of carbonyl (C=O) groups excluding carboxylic acids is 1. The Morgan fingerprint density at radius 2 is 1.29 bits per heavy atom. The molecule has 1 saturated heterocycles. The van der Waals surface area contributed by atoms with E-state index >= 15 is 0 Å². The van der Waals surface area contributed by atoms with Gasteiger partial charge in [-0.2, -0.15) is 0 Å². The van der Waals surface area contributed by atoms with Gasteiger partial charge >= 0.3 is 0 Å². The summed E-state index contributed by atoms with van der Waals surface area (Å²) in [6.45, 7) is 0.988. The van der Waals surface area contributed by atoms with Gasteiger partial charge in [0.25, 0.3) is 11.4 Å². The first-order valence-electron chi connectivity index (χ1n) is 8.59. The SMILES string of the molecule is C[NH+]1CC(=Cc2cccc([N+](=O)[O-])c2)C(=O)/C(=C/c2cccc([N+](=O)[O-])c2)C1. The summed E-state index contributed by atoms with van der Waals surface area (Å²) in [5.41, 5.74) is 2.18. The molecule has 1 fully saturated rings. The molecule has 2 aromatic rings. The van der Waals surface area contributed by atoms with Crippen LogP contribution < -0.4 is 4.90 Å². The lowest BCUT2D eigenvalue weighted by Crippen LogP contribution is -3.10. The van der Waals surface area contributed by atoms with Crippen LogP contribution in [0, 0.1) is 20.2 Å². The number of likely N-dealkylation sites (tertiary alicyclic amines) is 1. The highest BCUT2D eigenvalue weighted by Gasteiger charge is 2.27. The van der Waals surface area contributed by atoms with Gasteiger partial charge in [0, 0.05) is 24.3 Å². The van der Waals surface area contributed by atoms with Crippen molar-refractivity contribution in [3.05, 3.63) is 91.0 Å². The summed E-state index contributed by atoms with van der Waals surface area (Å²) in [5.74, 6) is -0.149. The van der Waals surface area contributed by atoms with Crippen molar-refractivity contribution >= 4 is 29.3 Å². The first-order chi connectivity index (χ1) is 13.3. The van der Waals surface area contributed by atoms with Crippen molar-refractivity contribution < 1.29 is 19.5 Å². The Hall–Kier alpha value is -3.65. The van der Waals surface area contributed by atoms with Crippen LogP contribution in [0.25, 0.3) is 12.2 Å². The first-order valence-corrected chi connectivity index (χ1v) is 8.59. The van der Waals surface area contributed by atoms with E-state index in [9.17, 15) is 25.0 Å². The molecule has 1 unspecified atom stereocenters. The largest absolute Gasteiger partial charge is 0.330 e. The molecule has 0 radical (unpaired) electrons. The molecule has 142 valence electrons. The molecule has 2 aromatic carbocycles. The van der Waals surface area contributed by atoms with E-state index in [1.807, 2.05) is 7.05 Å². The van der Waals surface area contributed by atoms with Crippen molar-refractivity contribution in [1.29, 1.82) is 0 Å². The molecular formula is C20H18N3O5+. The predicted molar refractivity (Wildman–Crippen MR) is 104 cm³/mol. The Labute approximate surface area is 160 Å². The highest BCUT2D eigenvalue weighted by molar-refractivity contribution is 6.14. The molecule has 0 amide bonds. The van der Waals surface area contributed by atoms with Gasteiger partial charge in [0.2, 0.25) is 0 Å². The summed E-state index contributed by atoms with van der Waals surface area (Å²) in [6, 6.07) is 12.2. The van der Waals surface area contributed by atoms with E-state index < -0.39 is 9.85 Å². The number of Topliss-reactive ketones (excluding diaryl/α,β-unsaturated/α-hetero) is 1. The topological polar surface area (TPSA) is 108 Å². The number of hydrogen-bond acceptors (Lipinski definition) is 5. The van der Waals surface area contributed by atoms with Gasteiger partial charge in [0.05, 0.1) is 28.0 Å². The van der Waals surface area contributed by atoms with Crippen LogP contribution in [0.5, 0.6) is 0 Å². The van der Waals surface area contributed by atoms with Crippen molar-refractivity contribution in [2.24, 2.45) is 0 Å². The van der Waals surface area contributed by atoms with Gasteiger partial charge in [-0.25, -0.2) is 0 Å². The summed E-state index contributed by atoms with van der Waals surface area (Å²) in [6.07, 6.45) is 3.33. The number of nitrogens with one attached hydrogen (secondary N) is 1. The maximum absolute atomic E-state index is 12.9. The van der Waals surface area contributed by atoms with Gasteiger partial charge in [0.15, 0.2) is 5.78 Å². The van der Waals surface area contributed by atoms with E-state index in [1.165, 1.54) is 24.3 Å². The molecule has 1 N–H and O–H groups in total. The number of ketones is 1. The zero-order chi connectivity index (χ0) is 20.3. The second-order valence-electron chi connectivity index (χ2n) is 6.68. The number of quaternary nitrogens is 1. The summed E-state index contributed by atoms with van der Waals surface area (Å²) in [7, 11) is 1.94. The molecule has 0 saturated carbocycles. The number of carbonyl (C=O) groups is 1. The standard InChI is InChI=1S/C20H17N3O5/c1-21-12-16(8-14-4-2-6-18(10-14)22(25)26)20(24)17(13-21)9-15-5-3-7-19(11-15)23(27)28/h2-11H,12-13H2,1H3/p+1/b16-8+,17-9?. The van der Waals surface area contributed by atoms with E-state index in [2.05, 4.69) is 0 Å². The molecule has 1 heterocycles. The highest BCUT2D eigenvalue weighted by atomic mass is 16.6. The van der Waals surface area contributed by atoms with Crippen molar-refractivity contribution in [3.8, 4) is 0 Å². The van der Waals surface area contributed by atoms with Crippen LogP contribution in [0.15, 0.2) is 59.7 Å². The molecule has 1 aliphatic heterocycles. The van der Waals surface area contributed by atoms with E-state index in [4.69, 9.17) is 0 Å². The number of rotatable bonds is 4. The fraction of sp³-hybridized carbons (Fsp3) is 0.150. The van der Waals surface area contributed by atoms with Crippen molar-refractivity contribution in [1.82, 2.24) is 0 Å². The van der Waals surface area contributed by atoms with Gasteiger partial charge in [-0.15, -0.1) is 0 Å². The lowest BCUT2D eigenvalue weighted by molar-refractivity contribution is -0.870. The van der Waals surface area contributed by atoms with Gasteiger partial charge in [0.1, 0.15) is 13.1 Å². The molecule has 0 aliphatic carbocycles. The fourth-order valence-electron chi connectivity index (χ4n) is 3.17. The van der Waals surface area contributed by atoms with E-state index in [1.54, 1.807) is 36.4 Å². The minimum Gasteiger partial charge on any atom is -0.330 e. The van der Waals surface area contributed by atoms with Gasteiger partial charge in [-0.05, 0) is 23.3 Å². The minimum absolute atomic E-state index is 0.0364. The van der Waals surface area contributed by atoms with Gasteiger partial charge in [-0.3, -0.25) is 25.0 Å². The summed E-state index contributed by atoms with van der Waals surface area (Å²) < 4.78 is 0. The third-order valence-electron chi connectivity index (χ3n) is 4.41. The molecule has 3 rings (SSSR count). The van der Waals surface area contributed by atoms with Gasteiger partial charge < -0.3 is 4.90 Å². The van der Waals surface area contributed by atoms with Crippen LogP contribution >= 0.6 is 0 Å². The minimum atomic E-state index is -0.476. The highest BCUT2D eigenvalue weighted by Crippen LogP contribution is 2.20. The second-order valence-corrected chi connectivity index (χ2v) is 6.68. The molecule has 8 nitrogen and oxygen atoms in total. The number of non-ortho nitro benzene ring substituents is 2. The molecule has 8 heteroatoms. The Bertz CT molecular complexity index is 947. The zero-order valence-electron chi connectivity index (χ0n) is 15.1. The molecule has 0 bridgehead atoms. The number of likely N-dealkylation sites (N-methyl/N-ethyl adjacent to an activating group) is 1. The number of benzene rings is 2. The number of nitro groups is 2. The average Bonchev–Trinajstić information content (AvgIpc) is 2.66. The Balaban J connectivity index is 1.94. The van der Waals surface area contributed by atoms with Crippen molar-refractivity contribution in [2.45, 2.75) is 0 Å². The number of hydrogen-bond donors (Lipinski definition) is 1. The average molecular weight is 380 g/mol. The maximum atomic E-state index is 12.9. The predicted octanol–water partition coefficient (Wildman–Crippen LogP) is 2.07. The number of nitrogens with zero attached hydrogens (tertiary/aromatic N) is 2. The smallest absolute Gasteiger partial charge is 0.270 e. The maximum Gasteiger partial charge on any atom is 0.270 e. The Morgan fingerprint density at radius 3 is 1.68 bits per heavy atom. The molecule has 1 aliphatic rings. The van der Waals surface area contributed by atoms with Crippen LogP contribution in [0.3, 0.4) is 0 Å². The van der Waals surface area contributed by atoms with Crippen LogP contribution in [-0.4, -0.2) is 35.8 Å². The lowest BCUT2D eigenvalue weighted by atomic mass is 9.94. The lowest BCUT2D eigenvalue weighted by Gasteiger charge is -2.23. The Morgan fingerprint density at radius 1 is 0.857 bits per heavy atom. The summed E-state index contributed by atoms with van der Waals surface area (Å²) in [4.78, 5) is 34.9. The summed E-state index contributed by atoms with van der Waals surface area (Å²) >= 11 is 0.